The van der Waals surface area contributed by atoms with Gasteiger partial charge in [0.25, 0.3) is 0 Å². The Hall–Kier alpha value is -0.930. The number of unbranched alkanes of at least 4 members (excludes halogenated alkanes) is 4. The molecule has 3 N–H and O–H groups in total. The first-order valence-corrected chi connectivity index (χ1v) is 6.66. The molecule has 96 valence electrons. The van der Waals surface area contributed by atoms with E-state index in [-0.39, 0.29) is 6.04 Å². The Bertz CT molecular complexity index is 312. The second kappa shape index (κ2) is 8.20. The summed E-state index contributed by atoms with van der Waals surface area (Å²) >= 11 is 0. The van der Waals surface area contributed by atoms with Crippen LogP contribution in [0.3, 0.4) is 0 Å². The van der Waals surface area contributed by atoms with Crippen LogP contribution < -0.4 is 11.3 Å². The Balaban J connectivity index is 2.38. The highest BCUT2D eigenvalue weighted by Crippen LogP contribution is 2.18. The molecule has 0 amide bonds. The quantitative estimate of drug-likeness (QED) is 0.413. The van der Waals surface area contributed by atoms with E-state index < -0.39 is 0 Å². The minimum atomic E-state index is 0.191. The summed E-state index contributed by atoms with van der Waals surface area (Å²) in [5, 5.41) is 0. The van der Waals surface area contributed by atoms with Crippen LogP contribution in [0.2, 0.25) is 0 Å². The van der Waals surface area contributed by atoms with Crippen LogP contribution in [0.25, 0.3) is 0 Å². The van der Waals surface area contributed by atoms with Crippen LogP contribution in [-0.4, -0.2) is 4.98 Å². The minimum absolute atomic E-state index is 0.191. The monoisotopic (exact) mass is 235 g/mol. The zero-order valence-corrected chi connectivity index (χ0v) is 11.1. The first kappa shape index (κ1) is 14.1. The van der Waals surface area contributed by atoms with Crippen molar-refractivity contribution in [1.29, 1.82) is 0 Å². The third-order valence-electron chi connectivity index (χ3n) is 3.09. The highest BCUT2D eigenvalue weighted by atomic mass is 15.2. The number of pyridine rings is 1. The minimum Gasteiger partial charge on any atom is -0.271 e. The molecule has 17 heavy (non-hydrogen) atoms. The maximum Gasteiger partial charge on any atom is 0.0632 e. The lowest BCUT2D eigenvalue weighted by Gasteiger charge is -2.15. The van der Waals surface area contributed by atoms with Crippen molar-refractivity contribution in [2.45, 2.75) is 58.4 Å². The van der Waals surface area contributed by atoms with E-state index in [1.54, 1.807) is 0 Å². The lowest BCUT2D eigenvalue weighted by molar-refractivity contribution is 0.470. The van der Waals surface area contributed by atoms with Gasteiger partial charge in [0.2, 0.25) is 0 Å². The Kier molecular flexibility index (Phi) is 6.82. The second-order valence-electron chi connectivity index (χ2n) is 4.68. The van der Waals surface area contributed by atoms with E-state index in [1.165, 1.54) is 37.7 Å². The zero-order valence-electron chi connectivity index (χ0n) is 11.1. The SMILES string of the molecule is CCCCCCCC(NN)c1cc(C)ccn1. The number of rotatable bonds is 8. The van der Waals surface area contributed by atoms with Gasteiger partial charge in [-0.1, -0.05) is 39.0 Å². The van der Waals surface area contributed by atoms with Crippen LogP contribution in [0.4, 0.5) is 0 Å². The van der Waals surface area contributed by atoms with Crippen molar-refractivity contribution in [3.8, 4) is 0 Å². The molecule has 0 fully saturated rings. The van der Waals surface area contributed by atoms with Gasteiger partial charge in [-0.05, 0) is 31.0 Å². The summed E-state index contributed by atoms with van der Waals surface area (Å²) in [4.78, 5) is 4.38. The molecule has 1 aromatic heterocycles. The second-order valence-corrected chi connectivity index (χ2v) is 4.68. The lowest BCUT2D eigenvalue weighted by atomic mass is 10.0. The molecule has 0 aliphatic rings. The summed E-state index contributed by atoms with van der Waals surface area (Å²) in [6, 6.07) is 4.31. The predicted molar refractivity (Wildman–Crippen MR) is 72.4 cm³/mol. The number of nitrogens with zero attached hydrogens (tertiary/aromatic N) is 1. The lowest BCUT2D eigenvalue weighted by Crippen LogP contribution is -2.28. The van der Waals surface area contributed by atoms with Crippen LogP contribution in [0.1, 0.15) is 62.7 Å². The van der Waals surface area contributed by atoms with Gasteiger partial charge in [-0.3, -0.25) is 16.3 Å². The van der Waals surface area contributed by atoms with Crippen LogP contribution in [0.5, 0.6) is 0 Å². The molecule has 1 heterocycles. The van der Waals surface area contributed by atoms with E-state index in [0.29, 0.717) is 0 Å². The van der Waals surface area contributed by atoms with Gasteiger partial charge in [-0.2, -0.15) is 0 Å². The first-order valence-electron chi connectivity index (χ1n) is 6.66. The highest BCUT2D eigenvalue weighted by Gasteiger charge is 2.10. The van der Waals surface area contributed by atoms with Crippen LogP contribution in [-0.2, 0) is 0 Å². The van der Waals surface area contributed by atoms with Crippen molar-refractivity contribution in [3.63, 3.8) is 0 Å². The zero-order chi connectivity index (χ0) is 12.5. The topological polar surface area (TPSA) is 50.9 Å². The standard InChI is InChI=1S/C14H25N3/c1-3-4-5-6-7-8-13(17-15)14-11-12(2)9-10-16-14/h9-11,13,17H,3-8,15H2,1-2H3. The molecule has 0 aliphatic carbocycles. The Morgan fingerprint density at radius 1 is 1.29 bits per heavy atom. The molecule has 1 rings (SSSR count). The summed E-state index contributed by atoms with van der Waals surface area (Å²) in [6.07, 6.45) is 9.38. The van der Waals surface area contributed by atoms with Crippen molar-refractivity contribution in [2.75, 3.05) is 0 Å². The molecule has 0 spiro atoms. The fourth-order valence-electron chi connectivity index (χ4n) is 2.02. The van der Waals surface area contributed by atoms with Crippen LogP contribution in [0, 0.1) is 6.92 Å². The summed E-state index contributed by atoms with van der Waals surface area (Å²) in [7, 11) is 0. The van der Waals surface area contributed by atoms with E-state index in [9.17, 15) is 0 Å². The summed E-state index contributed by atoms with van der Waals surface area (Å²) in [5.74, 6) is 5.61. The van der Waals surface area contributed by atoms with E-state index in [1.807, 2.05) is 12.3 Å². The predicted octanol–water partition coefficient (Wildman–Crippen LogP) is 3.25. The molecule has 3 nitrogen and oxygen atoms in total. The molecular formula is C14H25N3. The van der Waals surface area contributed by atoms with Gasteiger partial charge in [0, 0.05) is 6.20 Å². The molecule has 0 saturated carbocycles. The molecule has 1 unspecified atom stereocenters. The molecule has 0 saturated heterocycles. The number of nitrogens with one attached hydrogen (secondary N) is 1. The molecule has 0 bridgehead atoms. The van der Waals surface area contributed by atoms with Gasteiger partial charge in [0.15, 0.2) is 0 Å². The summed E-state index contributed by atoms with van der Waals surface area (Å²) in [6.45, 7) is 4.32. The summed E-state index contributed by atoms with van der Waals surface area (Å²) in [5.41, 5.74) is 5.17. The van der Waals surface area contributed by atoms with Gasteiger partial charge >= 0.3 is 0 Å². The maximum absolute atomic E-state index is 5.61. The normalized spacial score (nSPS) is 12.6. The smallest absolute Gasteiger partial charge is 0.0632 e. The van der Waals surface area contributed by atoms with Crippen LogP contribution >= 0.6 is 0 Å². The number of hydrogen-bond acceptors (Lipinski definition) is 3. The Morgan fingerprint density at radius 3 is 2.71 bits per heavy atom. The average molecular weight is 235 g/mol. The molecule has 1 atom stereocenters. The fraction of sp³-hybridized carbons (Fsp3) is 0.643. The van der Waals surface area contributed by atoms with E-state index >= 15 is 0 Å². The van der Waals surface area contributed by atoms with E-state index in [0.717, 1.165) is 12.1 Å². The number of hydrazine groups is 1. The Morgan fingerprint density at radius 2 is 2.06 bits per heavy atom. The third-order valence-corrected chi connectivity index (χ3v) is 3.09. The molecule has 0 aliphatic heterocycles. The van der Waals surface area contributed by atoms with Crippen molar-refractivity contribution < 1.29 is 0 Å². The molecule has 0 aromatic carbocycles. The molecular weight excluding hydrogens is 210 g/mol. The van der Waals surface area contributed by atoms with Gasteiger partial charge in [0.05, 0.1) is 11.7 Å². The van der Waals surface area contributed by atoms with Gasteiger partial charge in [-0.15, -0.1) is 0 Å². The number of aromatic nitrogens is 1. The van der Waals surface area contributed by atoms with Gasteiger partial charge in [-0.25, -0.2) is 0 Å². The van der Waals surface area contributed by atoms with E-state index in [2.05, 4.69) is 30.3 Å². The number of hydrogen-bond donors (Lipinski definition) is 2. The van der Waals surface area contributed by atoms with Gasteiger partial charge in [0.1, 0.15) is 0 Å². The van der Waals surface area contributed by atoms with Crippen LogP contribution in [0.15, 0.2) is 18.3 Å². The largest absolute Gasteiger partial charge is 0.271 e. The first-order chi connectivity index (χ1) is 8.27. The van der Waals surface area contributed by atoms with Crippen molar-refractivity contribution in [1.82, 2.24) is 10.4 Å². The van der Waals surface area contributed by atoms with Gasteiger partial charge < -0.3 is 0 Å². The maximum atomic E-state index is 5.61. The fourth-order valence-corrected chi connectivity index (χ4v) is 2.02. The Labute approximate surface area is 105 Å². The highest BCUT2D eigenvalue weighted by molar-refractivity contribution is 5.17. The average Bonchev–Trinajstić information content (AvgIpc) is 2.34. The van der Waals surface area contributed by atoms with E-state index in [4.69, 9.17) is 5.84 Å². The number of aryl methyl sites for hydroxylation is 1. The number of nitrogens with two attached hydrogens (primary N) is 1. The van der Waals surface area contributed by atoms with Crippen molar-refractivity contribution in [2.24, 2.45) is 5.84 Å². The molecule has 0 radical (unpaired) electrons. The van der Waals surface area contributed by atoms with Crippen molar-refractivity contribution in [3.05, 3.63) is 29.6 Å². The third kappa shape index (κ3) is 5.29. The molecule has 3 heteroatoms. The summed E-state index contributed by atoms with van der Waals surface area (Å²) < 4.78 is 0. The van der Waals surface area contributed by atoms with Crippen molar-refractivity contribution >= 4 is 0 Å². The molecule has 1 aromatic rings.